The highest BCUT2D eigenvalue weighted by Crippen LogP contribution is 2.15. The molecule has 22 heavy (non-hydrogen) atoms. The lowest BCUT2D eigenvalue weighted by Crippen LogP contribution is -2.33. The van der Waals surface area contributed by atoms with E-state index in [0.717, 1.165) is 11.4 Å². The molecule has 2 aromatic heterocycles. The Kier molecular flexibility index (Phi) is 4.63. The van der Waals surface area contributed by atoms with Gasteiger partial charge in [0.1, 0.15) is 6.04 Å². The van der Waals surface area contributed by atoms with Gasteiger partial charge in [0.2, 0.25) is 11.8 Å². The number of nitrogens with zero attached hydrogens (tertiary/aromatic N) is 5. The van der Waals surface area contributed by atoms with Crippen LogP contribution in [0.25, 0.3) is 0 Å². The highest BCUT2D eigenvalue weighted by atomic mass is 16.5. The summed E-state index contributed by atoms with van der Waals surface area (Å²) in [7, 11) is 1.73. The third-order valence-electron chi connectivity index (χ3n) is 3.50. The van der Waals surface area contributed by atoms with Gasteiger partial charge in [0.25, 0.3) is 0 Å². The summed E-state index contributed by atoms with van der Waals surface area (Å²) in [6.07, 6.45) is 0. The van der Waals surface area contributed by atoms with E-state index < -0.39 is 0 Å². The van der Waals surface area contributed by atoms with Crippen molar-refractivity contribution in [3.8, 4) is 0 Å². The maximum atomic E-state index is 12.5. The second kappa shape index (κ2) is 6.29. The SMILES string of the molecule is Cc1cc(C)n([C@H](C)C(=O)N(C)Cc2noc(C(C)C)n2)n1. The first kappa shape index (κ1) is 16.2. The Morgan fingerprint density at radius 3 is 2.55 bits per heavy atom. The standard InChI is InChI=1S/C15H23N5O2/c1-9(2)14-16-13(18-22-14)8-19(6)15(21)12(5)20-11(4)7-10(3)17-20/h7,9,12H,8H2,1-6H3/t12-/m1/s1. The van der Waals surface area contributed by atoms with Crippen molar-refractivity contribution < 1.29 is 9.32 Å². The molecule has 0 fully saturated rings. The minimum atomic E-state index is -0.366. The van der Waals surface area contributed by atoms with Gasteiger partial charge in [-0.3, -0.25) is 9.48 Å². The van der Waals surface area contributed by atoms with Gasteiger partial charge in [0, 0.05) is 18.7 Å². The molecule has 1 atom stereocenters. The molecule has 0 bridgehead atoms. The second-order valence-electron chi connectivity index (χ2n) is 5.95. The van der Waals surface area contributed by atoms with E-state index >= 15 is 0 Å². The number of hydrogen-bond donors (Lipinski definition) is 0. The maximum Gasteiger partial charge on any atom is 0.247 e. The fraction of sp³-hybridized carbons (Fsp3) is 0.600. The van der Waals surface area contributed by atoms with E-state index in [1.54, 1.807) is 16.6 Å². The number of aryl methyl sites for hydroxylation is 2. The van der Waals surface area contributed by atoms with Gasteiger partial charge in [-0.2, -0.15) is 10.1 Å². The largest absolute Gasteiger partial charge is 0.339 e. The van der Waals surface area contributed by atoms with Crippen LogP contribution < -0.4 is 0 Å². The molecule has 0 aliphatic heterocycles. The molecule has 7 heteroatoms. The van der Waals surface area contributed by atoms with Crippen LogP contribution in [-0.4, -0.2) is 37.8 Å². The Morgan fingerprint density at radius 2 is 2.05 bits per heavy atom. The Labute approximate surface area is 130 Å². The lowest BCUT2D eigenvalue weighted by atomic mass is 10.2. The van der Waals surface area contributed by atoms with Gasteiger partial charge in [0.15, 0.2) is 5.82 Å². The van der Waals surface area contributed by atoms with E-state index in [1.165, 1.54) is 0 Å². The van der Waals surface area contributed by atoms with Crippen LogP contribution in [0.1, 0.15) is 55.8 Å². The molecular formula is C15H23N5O2. The van der Waals surface area contributed by atoms with Crippen molar-refractivity contribution in [2.75, 3.05) is 7.05 Å². The Balaban J connectivity index is 2.06. The minimum Gasteiger partial charge on any atom is -0.339 e. The van der Waals surface area contributed by atoms with Crippen molar-refractivity contribution in [1.82, 2.24) is 24.8 Å². The zero-order valence-corrected chi connectivity index (χ0v) is 14.0. The molecule has 0 saturated heterocycles. The lowest BCUT2D eigenvalue weighted by molar-refractivity contribution is -0.133. The zero-order chi connectivity index (χ0) is 16.4. The van der Waals surface area contributed by atoms with Gasteiger partial charge >= 0.3 is 0 Å². The molecule has 0 spiro atoms. The van der Waals surface area contributed by atoms with E-state index in [1.807, 2.05) is 40.7 Å². The topological polar surface area (TPSA) is 77.0 Å². The molecule has 0 aliphatic carbocycles. The van der Waals surface area contributed by atoms with Crippen LogP contribution in [0.4, 0.5) is 0 Å². The van der Waals surface area contributed by atoms with Crippen molar-refractivity contribution in [2.45, 2.75) is 53.1 Å². The van der Waals surface area contributed by atoms with Crippen molar-refractivity contribution in [1.29, 1.82) is 0 Å². The molecule has 2 rings (SSSR count). The minimum absolute atomic E-state index is 0.0397. The summed E-state index contributed by atoms with van der Waals surface area (Å²) in [5.74, 6) is 1.24. The molecule has 0 radical (unpaired) electrons. The molecule has 0 saturated carbocycles. The number of rotatable bonds is 5. The van der Waals surface area contributed by atoms with Crippen LogP contribution in [0, 0.1) is 13.8 Å². The monoisotopic (exact) mass is 305 g/mol. The number of carbonyl (C=O) groups is 1. The quantitative estimate of drug-likeness (QED) is 0.846. The smallest absolute Gasteiger partial charge is 0.247 e. The van der Waals surface area contributed by atoms with Crippen molar-refractivity contribution in [3.63, 3.8) is 0 Å². The van der Waals surface area contributed by atoms with E-state index in [-0.39, 0.29) is 17.9 Å². The van der Waals surface area contributed by atoms with Gasteiger partial charge in [-0.25, -0.2) is 0 Å². The summed E-state index contributed by atoms with van der Waals surface area (Å²) in [5, 5.41) is 8.28. The van der Waals surface area contributed by atoms with Gasteiger partial charge in [-0.1, -0.05) is 19.0 Å². The number of aromatic nitrogens is 4. The van der Waals surface area contributed by atoms with Crippen LogP contribution in [0.5, 0.6) is 0 Å². The molecule has 120 valence electrons. The van der Waals surface area contributed by atoms with Gasteiger partial charge < -0.3 is 9.42 Å². The average Bonchev–Trinajstić information content (AvgIpc) is 3.03. The average molecular weight is 305 g/mol. The summed E-state index contributed by atoms with van der Waals surface area (Å²) in [5.41, 5.74) is 1.87. The van der Waals surface area contributed by atoms with Crippen LogP contribution in [0.15, 0.2) is 10.6 Å². The van der Waals surface area contributed by atoms with E-state index in [0.29, 0.717) is 18.3 Å². The molecule has 0 N–H and O–H groups in total. The number of hydrogen-bond acceptors (Lipinski definition) is 5. The Morgan fingerprint density at radius 1 is 1.36 bits per heavy atom. The highest BCUT2D eigenvalue weighted by molar-refractivity contribution is 5.79. The van der Waals surface area contributed by atoms with E-state index in [9.17, 15) is 4.79 Å². The Hall–Kier alpha value is -2.18. The normalized spacial score (nSPS) is 12.7. The number of likely N-dealkylation sites (N-methyl/N-ethyl adjacent to an activating group) is 1. The Bertz CT molecular complexity index is 659. The summed E-state index contributed by atoms with van der Waals surface area (Å²) < 4.78 is 6.90. The van der Waals surface area contributed by atoms with Crippen LogP contribution >= 0.6 is 0 Å². The van der Waals surface area contributed by atoms with E-state index in [4.69, 9.17) is 4.52 Å². The fourth-order valence-corrected chi connectivity index (χ4v) is 2.32. The predicted molar refractivity (Wildman–Crippen MR) is 81.3 cm³/mol. The van der Waals surface area contributed by atoms with Crippen LogP contribution in [0.3, 0.4) is 0 Å². The second-order valence-corrected chi connectivity index (χ2v) is 5.95. The lowest BCUT2D eigenvalue weighted by Gasteiger charge is -2.21. The molecule has 7 nitrogen and oxygen atoms in total. The van der Waals surface area contributed by atoms with Crippen LogP contribution in [-0.2, 0) is 11.3 Å². The molecule has 0 unspecified atom stereocenters. The van der Waals surface area contributed by atoms with Crippen molar-refractivity contribution >= 4 is 5.91 Å². The molecule has 1 amide bonds. The predicted octanol–water partition coefficient (Wildman–Crippen LogP) is 2.23. The molecule has 2 heterocycles. The van der Waals surface area contributed by atoms with E-state index in [2.05, 4.69) is 15.2 Å². The fourth-order valence-electron chi connectivity index (χ4n) is 2.32. The zero-order valence-electron chi connectivity index (χ0n) is 14.0. The number of carbonyl (C=O) groups excluding carboxylic acids is 1. The van der Waals surface area contributed by atoms with Gasteiger partial charge in [-0.15, -0.1) is 0 Å². The third kappa shape index (κ3) is 3.35. The van der Waals surface area contributed by atoms with Crippen molar-refractivity contribution in [2.24, 2.45) is 0 Å². The molecular weight excluding hydrogens is 282 g/mol. The molecule has 0 aromatic carbocycles. The first-order valence-corrected chi connectivity index (χ1v) is 7.39. The van der Waals surface area contributed by atoms with Crippen LogP contribution in [0.2, 0.25) is 0 Å². The molecule has 2 aromatic rings. The number of amides is 1. The van der Waals surface area contributed by atoms with Gasteiger partial charge in [0.05, 0.1) is 12.2 Å². The first-order chi connectivity index (χ1) is 10.3. The third-order valence-corrected chi connectivity index (χ3v) is 3.50. The highest BCUT2D eigenvalue weighted by Gasteiger charge is 2.23. The first-order valence-electron chi connectivity index (χ1n) is 7.39. The summed E-state index contributed by atoms with van der Waals surface area (Å²) in [6, 6.07) is 1.59. The van der Waals surface area contributed by atoms with Gasteiger partial charge in [-0.05, 0) is 26.8 Å². The summed E-state index contributed by atoms with van der Waals surface area (Å²) >= 11 is 0. The summed E-state index contributed by atoms with van der Waals surface area (Å²) in [6.45, 7) is 9.98. The summed E-state index contributed by atoms with van der Waals surface area (Å²) in [4.78, 5) is 18.4. The maximum absolute atomic E-state index is 12.5. The molecule has 0 aliphatic rings. The van der Waals surface area contributed by atoms with Crippen molar-refractivity contribution in [3.05, 3.63) is 29.2 Å².